The van der Waals surface area contributed by atoms with E-state index in [4.69, 9.17) is 27.7 Å². The van der Waals surface area contributed by atoms with Crippen molar-refractivity contribution in [3.05, 3.63) is 39.5 Å². The predicted octanol–water partition coefficient (Wildman–Crippen LogP) is 4.24. The molecule has 5 nitrogen and oxygen atoms in total. The number of halogens is 2. The molecule has 0 aliphatic carbocycles. The Balaban J connectivity index is 2.07. The highest BCUT2D eigenvalue weighted by molar-refractivity contribution is 6.36. The number of nitrogens with one attached hydrogen (secondary N) is 2. The van der Waals surface area contributed by atoms with E-state index in [1.54, 1.807) is 32.0 Å². The van der Waals surface area contributed by atoms with E-state index in [0.717, 1.165) is 11.3 Å². The standard InChI is InChI=1S/C12H11Cl2N3O2/c1-6-7(2)17-19-11(6)16-12(18)15-10-4-3-8(13)5-9(10)14/h3-5H,1-2H3,(H2,15,16,18). The summed E-state index contributed by atoms with van der Waals surface area (Å²) in [5.41, 5.74) is 1.95. The summed E-state index contributed by atoms with van der Waals surface area (Å²) in [4.78, 5) is 11.8. The van der Waals surface area contributed by atoms with Gasteiger partial charge in [0.25, 0.3) is 0 Å². The zero-order chi connectivity index (χ0) is 14.0. The summed E-state index contributed by atoms with van der Waals surface area (Å²) >= 11 is 11.7. The van der Waals surface area contributed by atoms with Crippen molar-refractivity contribution < 1.29 is 9.32 Å². The number of urea groups is 1. The first-order valence-corrected chi connectivity index (χ1v) is 6.19. The number of carbonyl (C=O) groups excluding carboxylic acids is 1. The molecule has 2 aromatic rings. The third-order valence-electron chi connectivity index (χ3n) is 2.56. The lowest BCUT2D eigenvalue weighted by atomic mass is 10.3. The van der Waals surface area contributed by atoms with Gasteiger partial charge in [0.1, 0.15) is 0 Å². The molecule has 1 aromatic carbocycles. The second kappa shape index (κ2) is 5.50. The van der Waals surface area contributed by atoms with Crippen LogP contribution in [0.5, 0.6) is 0 Å². The van der Waals surface area contributed by atoms with Crippen molar-refractivity contribution in [2.24, 2.45) is 0 Å². The number of rotatable bonds is 2. The molecule has 7 heteroatoms. The van der Waals surface area contributed by atoms with Gasteiger partial charge in [0, 0.05) is 10.6 Å². The van der Waals surface area contributed by atoms with Gasteiger partial charge in [0.2, 0.25) is 5.88 Å². The molecule has 1 aromatic heterocycles. The summed E-state index contributed by atoms with van der Waals surface area (Å²) in [7, 11) is 0. The van der Waals surface area contributed by atoms with E-state index in [-0.39, 0.29) is 0 Å². The van der Waals surface area contributed by atoms with Crippen molar-refractivity contribution in [2.75, 3.05) is 10.6 Å². The molecular weight excluding hydrogens is 289 g/mol. The Labute approximate surface area is 119 Å². The molecule has 0 spiro atoms. The van der Waals surface area contributed by atoms with E-state index >= 15 is 0 Å². The first-order chi connectivity index (χ1) is 8.97. The topological polar surface area (TPSA) is 67.2 Å². The maximum Gasteiger partial charge on any atom is 0.326 e. The lowest BCUT2D eigenvalue weighted by Gasteiger charge is -2.07. The van der Waals surface area contributed by atoms with Gasteiger partial charge in [-0.15, -0.1) is 0 Å². The van der Waals surface area contributed by atoms with Crippen molar-refractivity contribution >= 4 is 40.8 Å². The fourth-order valence-corrected chi connectivity index (χ4v) is 1.84. The second-order valence-corrected chi connectivity index (χ2v) is 4.77. The smallest absolute Gasteiger partial charge is 0.326 e. The van der Waals surface area contributed by atoms with E-state index in [0.29, 0.717) is 21.6 Å². The SMILES string of the molecule is Cc1noc(NC(=O)Nc2ccc(Cl)cc2Cl)c1C. The molecule has 0 bridgehead atoms. The maximum absolute atomic E-state index is 11.8. The van der Waals surface area contributed by atoms with Crippen LogP contribution in [-0.4, -0.2) is 11.2 Å². The molecule has 0 atom stereocenters. The zero-order valence-electron chi connectivity index (χ0n) is 10.3. The minimum atomic E-state index is -0.469. The molecule has 0 saturated carbocycles. The zero-order valence-corrected chi connectivity index (χ0v) is 11.8. The Morgan fingerprint density at radius 3 is 2.58 bits per heavy atom. The third-order valence-corrected chi connectivity index (χ3v) is 3.11. The molecule has 0 radical (unpaired) electrons. The average molecular weight is 300 g/mol. The fraction of sp³-hybridized carbons (Fsp3) is 0.167. The summed E-state index contributed by atoms with van der Waals surface area (Å²) in [5.74, 6) is 0.306. The van der Waals surface area contributed by atoms with Gasteiger partial charge in [-0.05, 0) is 32.0 Å². The van der Waals surface area contributed by atoms with Crippen LogP contribution in [-0.2, 0) is 0 Å². The number of carbonyl (C=O) groups is 1. The van der Waals surface area contributed by atoms with E-state index in [1.165, 1.54) is 0 Å². The lowest BCUT2D eigenvalue weighted by molar-refractivity contribution is 0.261. The number of anilines is 2. The van der Waals surface area contributed by atoms with E-state index in [9.17, 15) is 4.79 Å². The Morgan fingerprint density at radius 1 is 1.26 bits per heavy atom. The average Bonchev–Trinajstić information content (AvgIpc) is 2.65. The maximum atomic E-state index is 11.8. The van der Waals surface area contributed by atoms with E-state index < -0.39 is 6.03 Å². The Kier molecular flexibility index (Phi) is 3.97. The van der Waals surface area contributed by atoms with Crippen LogP contribution in [0.3, 0.4) is 0 Å². The lowest BCUT2D eigenvalue weighted by Crippen LogP contribution is -2.19. The summed E-state index contributed by atoms with van der Waals surface area (Å²) in [6.07, 6.45) is 0. The highest BCUT2D eigenvalue weighted by Crippen LogP contribution is 2.25. The minimum Gasteiger partial charge on any atom is -0.338 e. The molecule has 100 valence electrons. The van der Waals surface area contributed by atoms with Gasteiger partial charge in [-0.2, -0.15) is 0 Å². The molecule has 0 unspecified atom stereocenters. The first kappa shape index (κ1) is 13.7. The predicted molar refractivity (Wildman–Crippen MR) is 75.1 cm³/mol. The van der Waals surface area contributed by atoms with Crippen LogP contribution in [0, 0.1) is 13.8 Å². The molecule has 2 N–H and O–H groups in total. The highest BCUT2D eigenvalue weighted by atomic mass is 35.5. The van der Waals surface area contributed by atoms with Gasteiger partial charge in [-0.1, -0.05) is 28.4 Å². The summed E-state index contributed by atoms with van der Waals surface area (Å²) < 4.78 is 4.98. The van der Waals surface area contributed by atoms with Crippen molar-refractivity contribution in [1.82, 2.24) is 5.16 Å². The van der Waals surface area contributed by atoms with E-state index in [1.807, 2.05) is 0 Å². The van der Waals surface area contributed by atoms with Gasteiger partial charge < -0.3 is 9.84 Å². The summed E-state index contributed by atoms with van der Waals surface area (Å²) in [5, 5.41) is 9.74. The highest BCUT2D eigenvalue weighted by Gasteiger charge is 2.12. The molecule has 1 heterocycles. The minimum absolute atomic E-state index is 0.306. The van der Waals surface area contributed by atoms with Crippen LogP contribution in [0.1, 0.15) is 11.3 Å². The Bertz CT molecular complexity index is 625. The normalized spacial score (nSPS) is 10.3. The Hall–Kier alpha value is -1.72. The van der Waals surface area contributed by atoms with Crippen LogP contribution in [0.15, 0.2) is 22.7 Å². The molecule has 0 fully saturated rings. The molecule has 0 aliphatic heterocycles. The van der Waals surface area contributed by atoms with Crippen molar-refractivity contribution in [3.8, 4) is 0 Å². The number of aryl methyl sites for hydroxylation is 1. The van der Waals surface area contributed by atoms with Gasteiger partial charge in [-0.25, -0.2) is 4.79 Å². The molecule has 19 heavy (non-hydrogen) atoms. The molecule has 2 rings (SSSR count). The first-order valence-electron chi connectivity index (χ1n) is 5.43. The van der Waals surface area contributed by atoms with Crippen LogP contribution in [0.25, 0.3) is 0 Å². The van der Waals surface area contributed by atoms with Crippen LogP contribution in [0.4, 0.5) is 16.4 Å². The third kappa shape index (κ3) is 3.19. The van der Waals surface area contributed by atoms with Crippen molar-refractivity contribution in [1.29, 1.82) is 0 Å². The number of benzene rings is 1. The molecule has 0 aliphatic rings. The van der Waals surface area contributed by atoms with Gasteiger partial charge >= 0.3 is 6.03 Å². The molecule has 2 amide bonds. The summed E-state index contributed by atoms with van der Waals surface area (Å²) in [6, 6.07) is 4.32. The number of aromatic nitrogens is 1. The Morgan fingerprint density at radius 2 is 2.00 bits per heavy atom. The van der Waals surface area contributed by atoms with Gasteiger partial charge in [0.05, 0.1) is 16.4 Å². The summed E-state index contributed by atoms with van der Waals surface area (Å²) in [6.45, 7) is 3.59. The fourth-order valence-electron chi connectivity index (χ4n) is 1.38. The molecular formula is C12H11Cl2N3O2. The second-order valence-electron chi connectivity index (χ2n) is 3.93. The number of nitrogens with zero attached hydrogens (tertiary/aromatic N) is 1. The van der Waals surface area contributed by atoms with Crippen LogP contribution in [0.2, 0.25) is 10.0 Å². The number of amides is 2. The van der Waals surface area contributed by atoms with Crippen molar-refractivity contribution in [2.45, 2.75) is 13.8 Å². The monoisotopic (exact) mass is 299 g/mol. The number of hydrogen-bond acceptors (Lipinski definition) is 3. The van der Waals surface area contributed by atoms with Crippen molar-refractivity contribution in [3.63, 3.8) is 0 Å². The molecule has 0 saturated heterocycles. The van der Waals surface area contributed by atoms with Crippen LogP contribution < -0.4 is 10.6 Å². The number of hydrogen-bond donors (Lipinski definition) is 2. The quantitative estimate of drug-likeness (QED) is 0.871. The van der Waals surface area contributed by atoms with Gasteiger partial charge in [0.15, 0.2) is 0 Å². The van der Waals surface area contributed by atoms with Crippen LogP contribution >= 0.6 is 23.2 Å². The van der Waals surface area contributed by atoms with E-state index in [2.05, 4.69) is 15.8 Å². The van der Waals surface area contributed by atoms with Gasteiger partial charge in [-0.3, -0.25) is 5.32 Å². The largest absolute Gasteiger partial charge is 0.338 e.